The van der Waals surface area contributed by atoms with Crippen molar-refractivity contribution < 1.29 is 13.9 Å². The first-order valence-electron chi connectivity index (χ1n) is 11.2. The fourth-order valence-electron chi connectivity index (χ4n) is 4.63. The minimum Gasteiger partial charge on any atom is -0.380 e. The molecular formula is C23H30FN7O2. The van der Waals surface area contributed by atoms with Gasteiger partial charge in [0.25, 0.3) is 0 Å². The van der Waals surface area contributed by atoms with E-state index in [-0.39, 0.29) is 5.69 Å². The Bertz CT molecular complexity index is 942. The molecule has 4 rings (SSSR count). The molecule has 2 aromatic rings. The highest BCUT2D eigenvalue weighted by atomic mass is 19.1. The van der Waals surface area contributed by atoms with Gasteiger partial charge in [-0.2, -0.15) is 5.53 Å². The van der Waals surface area contributed by atoms with Gasteiger partial charge < -0.3 is 14.4 Å². The Kier molecular flexibility index (Phi) is 7.56. The molecule has 9 nitrogen and oxygen atoms in total. The molecule has 1 aromatic carbocycles. The summed E-state index contributed by atoms with van der Waals surface area (Å²) < 4.78 is 25.2. The Hall–Kier alpha value is -2.98. The van der Waals surface area contributed by atoms with Crippen molar-refractivity contribution in [2.45, 2.75) is 32.5 Å². The van der Waals surface area contributed by atoms with Crippen LogP contribution in [0.25, 0.3) is 0 Å². The minimum atomic E-state index is -0.524. The monoisotopic (exact) mass is 455 g/mol. The van der Waals surface area contributed by atoms with Crippen LogP contribution in [0.4, 0.5) is 16.0 Å². The lowest BCUT2D eigenvalue weighted by molar-refractivity contribution is 0.104. The van der Waals surface area contributed by atoms with Crippen LogP contribution in [0.5, 0.6) is 0 Å². The van der Waals surface area contributed by atoms with Crippen LogP contribution in [0.3, 0.4) is 0 Å². The molecule has 0 spiro atoms. The molecule has 10 heteroatoms. The summed E-state index contributed by atoms with van der Waals surface area (Å²) in [6.07, 6.45) is 7.94. The Morgan fingerprint density at radius 3 is 2.61 bits per heavy atom. The van der Waals surface area contributed by atoms with E-state index in [0.29, 0.717) is 37.6 Å². The number of nitrogens with one attached hydrogen (secondary N) is 2. The second-order valence-electron chi connectivity index (χ2n) is 8.68. The van der Waals surface area contributed by atoms with Gasteiger partial charge in [-0.3, -0.25) is 5.41 Å². The molecule has 0 bridgehead atoms. The zero-order valence-corrected chi connectivity index (χ0v) is 18.8. The van der Waals surface area contributed by atoms with Gasteiger partial charge >= 0.3 is 0 Å². The molecule has 33 heavy (non-hydrogen) atoms. The molecule has 1 saturated carbocycles. The number of halogens is 1. The molecule has 0 radical (unpaired) electrons. The third-order valence-corrected chi connectivity index (χ3v) is 6.50. The molecule has 1 saturated heterocycles. The van der Waals surface area contributed by atoms with E-state index in [9.17, 15) is 4.39 Å². The summed E-state index contributed by atoms with van der Waals surface area (Å²) in [4.78, 5) is 11.2. The van der Waals surface area contributed by atoms with Crippen molar-refractivity contribution in [1.82, 2.24) is 9.97 Å². The lowest BCUT2D eigenvalue weighted by Gasteiger charge is -2.32. The molecule has 2 aliphatic rings. The maximum Gasteiger partial charge on any atom is 0.225 e. The quantitative estimate of drug-likeness (QED) is 0.227. The summed E-state index contributed by atoms with van der Waals surface area (Å²) in [5, 5.41) is 11.1. The number of hydrogen-bond donors (Lipinski definition) is 2. The van der Waals surface area contributed by atoms with Crippen molar-refractivity contribution in [1.29, 1.82) is 10.9 Å². The molecular weight excluding hydrogens is 425 g/mol. The Balaban J connectivity index is 1.18. The SMILES string of the molecule is COCc1cnc(N2CCC([C@H]3C[C@H]3COCc3ccc(N(C=N)N=N)c(F)c3)CC2)nc1. The average molecular weight is 456 g/mol. The van der Waals surface area contributed by atoms with Gasteiger partial charge in [-0.25, -0.2) is 19.4 Å². The van der Waals surface area contributed by atoms with Crippen molar-refractivity contribution >= 4 is 18.0 Å². The summed E-state index contributed by atoms with van der Waals surface area (Å²) in [7, 11) is 1.66. The van der Waals surface area contributed by atoms with E-state index in [4.69, 9.17) is 20.4 Å². The van der Waals surface area contributed by atoms with Crippen LogP contribution in [0.2, 0.25) is 0 Å². The van der Waals surface area contributed by atoms with E-state index in [1.54, 1.807) is 13.2 Å². The van der Waals surface area contributed by atoms with Gasteiger partial charge in [-0.05, 0) is 54.7 Å². The molecule has 2 N–H and O–H groups in total. The molecule has 2 atom stereocenters. The predicted molar refractivity (Wildman–Crippen MR) is 122 cm³/mol. The van der Waals surface area contributed by atoms with E-state index in [2.05, 4.69) is 20.1 Å². The van der Waals surface area contributed by atoms with Gasteiger partial charge in [0.2, 0.25) is 5.95 Å². The summed E-state index contributed by atoms with van der Waals surface area (Å²) in [5.74, 6) is 2.26. The van der Waals surface area contributed by atoms with Crippen LogP contribution in [0.15, 0.2) is 35.8 Å². The highest BCUT2D eigenvalue weighted by molar-refractivity contribution is 5.75. The Labute approximate surface area is 192 Å². The number of ether oxygens (including phenoxy) is 2. The van der Waals surface area contributed by atoms with Crippen molar-refractivity contribution in [3.8, 4) is 0 Å². The molecule has 1 aliphatic carbocycles. The highest BCUT2D eigenvalue weighted by Gasteiger charge is 2.43. The van der Waals surface area contributed by atoms with Gasteiger partial charge in [-0.15, -0.1) is 0 Å². The van der Waals surface area contributed by atoms with Crippen LogP contribution >= 0.6 is 0 Å². The fourth-order valence-corrected chi connectivity index (χ4v) is 4.63. The Morgan fingerprint density at radius 1 is 1.21 bits per heavy atom. The van der Waals surface area contributed by atoms with Crippen LogP contribution < -0.4 is 9.91 Å². The third-order valence-electron chi connectivity index (χ3n) is 6.50. The summed E-state index contributed by atoms with van der Waals surface area (Å²) in [6.45, 7) is 3.51. The summed E-state index contributed by atoms with van der Waals surface area (Å²) >= 11 is 0. The van der Waals surface area contributed by atoms with Gasteiger partial charge in [0.15, 0.2) is 0 Å². The van der Waals surface area contributed by atoms with E-state index >= 15 is 0 Å². The standard InChI is InChI=1S/C23H30FN7O2/c1-32-12-17-10-27-23(28-11-17)30-6-4-18(5-7-30)20-9-19(20)14-33-13-16-2-3-22(21(24)8-16)31(15-25)29-26/h2-3,8,10-11,15,18-20,25-26H,4-7,9,12-14H2,1H3/t19-,20+/m0/s1. The van der Waals surface area contributed by atoms with Crippen molar-refractivity contribution in [3.05, 3.63) is 47.5 Å². The Morgan fingerprint density at radius 2 is 1.97 bits per heavy atom. The highest BCUT2D eigenvalue weighted by Crippen LogP contribution is 2.48. The maximum atomic E-state index is 14.2. The van der Waals surface area contributed by atoms with Crippen LogP contribution in [-0.4, -0.2) is 43.1 Å². The number of anilines is 2. The van der Waals surface area contributed by atoms with Gasteiger partial charge in [0, 0.05) is 38.2 Å². The normalized spacial score (nSPS) is 20.5. The zero-order valence-electron chi connectivity index (χ0n) is 18.8. The summed E-state index contributed by atoms with van der Waals surface area (Å²) in [5.41, 5.74) is 8.77. The molecule has 0 unspecified atom stereocenters. The number of hydrogen-bond acceptors (Lipinski definition) is 8. The number of aromatic nitrogens is 2. The van der Waals surface area contributed by atoms with Crippen molar-refractivity contribution in [2.24, 2.45) is 23.0 Å². The minimum absolute atomic E-state index is 0.0775. The van der Waals surface area contributed by atoms with Gasteiger partial charge in [0.1, 0.15) is 17.8 Å². The first kappa shape index (κ1) is 23.2. The smallest absolute Gasteiger partial charge is 0.225 e. The van der Waals surface area contributed by atoms with Crippen LogP contribution in [-0.2, 0) is 22.7 Å². The van der Waals surface area contributed by atoms with Crippen LogP contribution in [0.1, 0.15) is 30.4 Å². The second kappa shape index (κ2) is 10.8. The number of rotatable bonds is 11. The molecule has 1 aromatic heterocycles. The van der Waals surface area contributed by atoms with Crippen molar-refractivity contribution in [2.75, 3.05) is 36.7 Å². The average Bonchev–Trinajstić information content (AvgIpc) is 3.61. The first-order valence-corrected chi connectivity index (χ1v) is 11.2. The van der Waals surface area contributed by atoms with E-state index < -0.39 is 5.82 Å². The number of nitrogens with zero attached hydrogens (tertiary/aromatic N) is 5. The van der Waals surface area contributed by atoms with Crippen LogP contribution in [0, 0.1) is 34.5 Å². The maximum absolute atomic E-state index is 14.2. The number of methoxy groups -OCH3 is 1. The van der Waals surface area contributed by atoms with E-state index in [1.165, 1.54) is 18.6 Å². The second-order valence-corrected chi connectivity index (χ2v) is 8.68. The molecule has 0 amide bonds. The number of piperidine rings is 1. The molecule has 2 fully saturated rings. The molecule has 1 aliphatic heterocycles. The largest absolute Gasteiger partial charge is 0.380 e. The topological polar surface area (TPSA) is 111 Å². The first-order chi connectivity index (χ1) is 16.1. The lowest BCUT2D eigenvalue weighted by atomic mass is 9.91. The third kappa shape index (κ3) is 5.69. The van der Waals surface area contributed by atoms with E-state index in [0.717, 1.165) is 54.4 Å². The fraction of sp³-hybridized carbons (Fsp3) is 0.522. The van der Waals surface area contributed by atoms with Crippen molar-refractivity contribution in [3.63, 3.8) is 0 Å². The zero-order chi connectivity index (χ0) is 23.2. The number of benzene rings is 1. The van der Waals surface area contributed by atoms with Gasteiger partial charge in [-0.1, -0.05) is 11.3 Å². The van der Waals surface area contributed by atoms with E-state index in [1.807, 2.05) is 12.4 Å². The molecule has 2 heterocycles. The summed E-state index contributed by atoms with van der Waals surface area (Å²) in [6, 6.07) is 4.63. The molecule has 176 valence electrons. The predicted octanol–water partition coefficient (Wildman–Crippen LogP) is 4.19. The lowest BCUT2D eigenvalue weighted by Crippen LogP contribution is -2.35. The van der Waals surface area contributed by atoms with Gasteiger partial charge in [0.05, 0.1) is 19.8 Å².